The molecule has 1 aromatic rings. The van der Waals surface area contributed by atoms with Gasteiger partial charge in [-0.25, -0.2) is 0 Å². The first-order valence-electron chi connectivity index (χ1n) is 27.0. The molecule has 13 amide bonds. The lowest BCUT2D eigenvalue weighted by molar-refractivity contribution is -0.143. The fraction of sp³-hybridized carbons (Fsp3) is 0.635. The quantitative estimate of drug-likeness (QED) is 0.0448. The Labute approximate surface area is 458 Å². The maximum atomic E-state index is 14.3. The predicted molar refractivity (Wildman–Crippen MR) is 284 cm³/mol. The Hall–Kier alpha value is -7.87. The monoisotopic (exact) mass is 1110 g/mol. The van der Waals surface area contributed by atoms with E-state index in [1.807, 2.05) is 0 Å². The third-order valence-corrected chi connectivity index (χ3v) is 13.8. The van der Waals surface area contributed by atoms with Gasteiger partial charge in [-0.05, 0) is 49.3 Å². The van der Waals surface area contributed by atoms with Gasteiger partial charge in [0.05, 0.1) is 25.7 Å². The number of nitrogens with zero attached hydrogens (tertiary/aromatic N) is 1. The molecule has 9 atom stereocenters. The van der Waals surface area contributed by atoms with E-state index >= 15 is 0 Å². The second-order valence-corrected chi connectivity index (χ2v) is 20.5. The van der Waals surface area contributed by atoms with E-state index in [0.717, 1.165) is 49.8 Å². The third kappa shape index (κ3) is 24.1. The number of aromatic hydroxyl groups is 1. The van der Waals surface area contributed by atoms with Crippen molar-refractivity contribution in [2.45, 2.75) is 197 Å². The Balaban J connectivity index is 2.13. The summed E-state index contributed by atoms with van der Waals surface area (Å²) in [7, 11) is 0. The normalized spacial score (nSPS) is 23.6. The summed E-state index contributed by atoms with van der Waals surface area (Å²) in [5, 5.41) is 27.0. The minimum Gasteiger partial charge on any atom is -0.508 e. The van der Waals surface area contributed by atoms with Crippen LogP contribution in [0.1, 0.15) is 148 Å². The predicted octanol–water partition coefficient (Wildman–Crippen LogP) is -2.56. The van der Waals surface area contributed by atoms with E-state index in [1.54, 1.807) is 0 Å². The molecule has 2 fully saturated rings. The fourth-order valence-electron chi connectivity index (χ4n) is 9.28. The SMILES string of the molecule is CCC(C)CCCCCCCCCC[C@H]1CC(=O)N[C@@H](CC(N)=O)C(=O)N[C@H](Cc2ccc(O)cc2)C(=O)N[C@H](CC(N)=O)C(=O)N[C@@H](CCC(N)=O)C(=O)N2CCC[C@@H]2C(=O)N[C@H](CC(N)=O)C(=O)N[C@@H](CC(N)=O)C(=O)N1. The van der Waals surface area contributed by atoms with Crippen LogP contribution >= 0.6 is 0 Å². The van der Waals surface area contributed by atoms with Crippen LogP contribution in [0.5, 0.6) is 5.75 Å². The van der Waals surface area contributed by atoms with E-state index in [9.17, 15) is 67.4 Å². The van der Waals surface area contributed by atoms with E-state index in [-0.39, 0.29) is 38.0 Å². The number of phenolic OH excluding ortho intramolecular Hbond substituents is 1. The third-order valence-electron chi connectivity index (χ3n) is 13.8. The zero-order chi connectivity index (χ0) is 58.8. The molecule has 27 heteroatoms. The minimum atomic E-state index is -1.87. The molecule has 27 nitrogen and oxygen atoms in total. The summed E-state index contributed by atoms with van der Waals surface area (Å²) in [6.45, 7) is 4.29. The lowest BCUT2D eigenvalue weighted by Crippen LogP contribution is -2.60. The second-order valence-electron chi connectivity index (χ2n) is 20.5. The van der Waals surface area contributed by atoms with Crippen molar-refractivity contribution in [3.05, 3.63) is 29.8 Å². The number of hydrogen-bond acceptors (Lipinski definition) is 14. The van der Waals surface area contributed by atoms with Crippen molar-refractivity contribution in [1.29, 1.82) is 0 Å². The minimum absolute atomic E-state index is 0.0199. The highest BCUT2D eigenvalue weighted by Crippen LogP contribution is 2.22. The summed E-state index contributed by atoms with van der Waals surface area (Å²) < 4.78 is 0. The van der Waals surface area contributed by atoms with E-state index in [0.29, 0.717) is 24.3 Å². The van der Waals surface area contributed by atoms with Crippen molar-refractivity contribution in [1.82, 2.24) is 42.1 Å². The van der Waals surface area contributed by atoms with Gasteiger partial charge in [-0.2, -0.15) is 0 Å². The molecule has 79 heavy (non-hydrogen) atoms. The Kier molecular flexibility index (Phi) is 27.7. The maximum Gasteiger partial charge on any atom is 0.245 e. The van der Waals surface area contributed by atoms with Crippen LogP contribution in [0.25, 0.3) is 0 Å². The first kappa shape index (κ1) is 65.4. The fourth-order valence-corrected chi connectivity index (χ4v) is 9.28. The van der Waals surface area contributed by atoms with Crippen LogP contribution in [-0.2, 0) is 68.7 Å². The van der Waals surface area contributed by atoms with E-state index in [2.05, 4.69) is 51.1 Å². The van der Waals surface area contributed by atoms with Crippen molar-refractivity contribution in [2.24, 2.45) is 34.6 Å². The van der Waals surface area contributed by atoms with Gasteiger partial charge in [-0.3, -0.25) is 62.3 Å². The molecule has 0 radical (unpaired) electrons. The molecule has 0 saturated carbocycles. The van der Waals surface area contributed by atoms with Gasteiger partial charge in [0.25, 0.3) is 0 Å². The molecule has 0 aromatic heterocycles. The standard InChI is InChI=1S/C52H81N13O14/c1-3-29(2)13-10-8-6-4-5-7-9-11-14-31-24-45(72)59-35(25-41(54)68)48(75)61-34(23-30-16-18-32(66)19-17-30)47(74)63-37(27-43(56)70)49(76)60-33(20-21-40(53)67)52(79)65-22-12-15-39(65)51(78)64-38(28-44(57)71)50(77)62-36(26-42(55)69)46(73)58-31/h16-19,29,31,33-39,66H,3-15,20-28H2,1-2H3,(H2,53,67)(H2,54,68)(H2,55,69)(H2,56,70)(H2,57,71)(H,58,73)(H,59,72)(H,60,76)(H,61,75)(H,62,77)(H,63,74)(H,64,78)/t29?,31-,33-,34+,35-,36-,37+,38+,39+/m0/s1. The Morgan fingerprint density at radius 2 is 0.975 bits per heavy atom. The molecular weight excluding hydrogens is 1030 g/mol. The van der Waals surface area contributed by atoms with Crippen LogP contribution in [0.3, 0.4) is 0 Å². The molecule has 0 spiro atoms. The molecular formula is C52H81N13O14. The number of nitrogens with two attached hydrogens (primary N) is 5. The average Bonchev–Trinajstić information content (AvgIpc) is 3.87. The lowest BCUT2D eigenvalue weighted by Gasteiger charge is -2.31. The number of unbranched alkanes of at least 4 members (excludes halogenated alkanes) is 7. The van der Waals surface area contributed by atoms with Gasteiger partial charge in [0.1, 0.15) is 48.0 Å². The number of nitrogens with one attached hydrogen (secondary N) is 7. The van der Waals surface area contributed by atoms with Crippen molar-refractivity contribution in [2.75, 3.05) is 6.54 Å². The molecule has 18 N–H and O–H groups in total. The molecule has 0 bridgehead atoms. The van der Waals surface area contributed by atoms with Gasteiger partial charge in [-0.1, -0.05) is 90.2 Å². The van der Waals surface area contributed by atoms with E-state index in [4.69, 9.17) is 28.7 Å². The van der Waals surface area contributed by atoms with E-state index < -0.39 is 170 Å². The number of rotatable bonds is 25. The van der Waals surface area contributed by atoms with Gasteiger partial charge in [0.15, 0.2) is 0 Å². The lowest BCUT2D eigenvalue weighted by atomic mass is 9.99. The highest BCUT2D eigenvalue weighted by atomic mass is 16.3. The molecule has 2 saturated heterocycles. The highest BCUT2D eigenvalue weighted by molar-refractivity contribution is 6.01. The summed E-state index contributed by atoms with van der Waals surface area (Å²) in [5.74, 6) is -13.2. The van der Waals surface area contributed by atoms with Crippen LogP contribution in [0, 0.1) is 5.92 Å². The molecule has 1 unspecified atom stereocenters. The zero-order valence-corrected chi connectivity index (χ0v) is 45.2. The molecule has 3 rings (SSSR count). The van der Waals surface area contributed by atoms with Gasteiger partial charge in [0.2, 0.25) is 76.8 Å². The van der Waals surface area contributed by atoms with E-state index in [1.165, 1.54) is 30.7 Å². The number of benzene rings is 1. The first-order valence-corrected chi connectivity index (χ1v) is 27.0. The Morgan fingerprint density at radius 3 is 1.47 bits per heavy atom. The number of amides is 13. The maximum absolute atomic E-state index is 14.3. The first-order chi connectivity index (χ1) is 37.4. The number of carbonyl (C=O) groups is 13. The summed E-state index contributed by atoms with van der Waals surface area (Å²) in [6.07, 6.45) is 4.61. The van der Waals surface area contributed by atoms with Gasteiger partial charge < -0.3 is 75.9 Å². The Morgan fingerprint density at radius 1 is 0.544 bits per heavy atom. The summed E-state index contributed by atoms with van der Waals surface area (Å²) in [4.78, 5) is 176. The number of hydrogen-bond donors (Lipinski definition) is 13. The molecule has 2 heterocycles. The Bertz CT molecular complexity index is 2340. The van der Waals surface area contributed by atoms with Crippen LogP contribution in [-0.4, -0.2) is 142 Å². The smallest absolute Gasteiger partial charge is 0.245 e. The number of fused-ring (bicyclic) bond motifs is 1. The van der Waals surface area contributed by atoms with Crippen molar-refractivity contribution < 1.29 is 67.4 Å². The van der Waals surface area contributed by atoms with Crippen LogP contribution < -0.4 is 65.9 Å². The highest BCUT2D eigenvalue weighted by Gasteiger charge is 2.41. The summed E-state index contributed by atoms with van der Waals surface area (Å²) in [6, 6.07) is -7.62. The van der Waals surface area contributed by atoms with Crippen molar-refractivity contribution >= 4 is 76.8 Å². The molecule has 2 aliphatic heterocycles. The van der Waals surface area contributed by atoms with Gasteiger partial charge in [-0.15, -0.1) is 0 Å². The zero-order valence-electron chi connectivity index (χ0n) is 45.2. The molecule has 1 aromatic carbocycles. The molecule has 438 valence electrons. The number of phenols is 1. The summed E-state index contributed by atoms with van der Waals surface area (Å²) in [5.41, 5.74) is 27.8. The largest absolute Gasteiger partial charge is 0.508 e. The van der Waals surface area contributed by atoms with Gasteiger partial charge >= 0.3 is 0 Å². The topological polar surface area (TPSA) is 460 Å². The number of carbonyl (C=O) groups excluding carboxylic acids is 13. The van der Waals surface area contributed by atoms with Crippen LogP contribution in [0.15, 0.2) is 24.3 Å². The van der Waals surface area contributed by atoms with Crippen molar-refractivity contribution in [3.8, 4) is 5.75 Å². The average molecular weight is 1110 g/mol. The van der Waals surface area contributed by atoms with Crippen LogP contribution in [0.4, 0.5) is 0 Å². The molecule has 0 aliphatic carbocycles. The molecule has 2 aliphatic rings. The summed E-state index contributed by atoms with van der Waals surface area (Å²) >= 11 is 0. The van der Waals surface area contributed by atoms with Crippen molar-refractivity contribution in [3.63, 3.8) is 0 Å². The van der Waals surface area contributed by atoms with Crippen LogP contribution in [0.2, 0.25) is 0 Å². The number of primary amides is 5. The van der Waals surface area contributed by atoms with Gasteiger partial charge in [0, 0.05) is 31.8 Å². The second kappa shape index (κ2) is 33.4.